The number of aryl methyl sites for hydroxylation is 2. The SMILES string of the molecule is CCC(C)C(Oc1nc(C)cc(C)n1)C(=O)O. The largest absolute Gasteiger partial charge is 0.478 e. The van der Waals surface area contributed by atoms with E-state index in [9.17, 15) is 4.79 Å². The van der Waals surface area contributed by atoms with Crippen LogP contribution in [0.5, 0.6) is 6.01 Å². The van der Waals surface area contributed by atoms with Gasteiger partial charge in [-0.05, 0) is 26.3 Å². The van der Waals surface area contributed by atoms with Crippen molar-refractivity contribution in [3.63, 3.8) is 0 Å². The number of aliphatic carboxylic acids is 1. The second kappa shape index (κ2) is 5.61. The van der Waals surface area contributed by atoms with Crippen molar-refractivity contribution in [1.29, 1.82) is 0 Å². The number of carboxylic acid groups (broad SMARTS) is 1. The number of nitrogens with zero attached hydrogens (tertiary/aromatic N) is 2. The van der Waals surface area contributed by atoms with Gasteiger partial charge in [0.25, 0.3) is 0 Å². The lowest BCUT2D eigenvalue weighted by Gasteiger charge is -2.19. The van der Waals surface area contributed by atoms with Crippen LogP contribution in [0.1, 0.15) is 31.7 Å². The van der Waals surface area contributed by atoms with Gasteiger partial charge in [0.05, 0.1) is 0 Å². The molecule has 1 aromatic heterocycles. The van der Waals surface area contributed by atoms with Crippen molar-refractivity contribution < 1.29 is 14.6 Å². The highest BCUT2D eigenvalue weighted by Crippen LogP contribution is 2.15. The van der Waals surface area contributed by atoms with Crippen LogP contribution < -0.4 is 4.74 Å². The maximum absolute atomic E-state index is 11.1. The lowest BCUT2D eigenvalue weighted by Crippen LogP contribution is -2.34. The molecule has 0 saturated carbocycles. The molecule has 17 heavy (non-hydrogen) atoms. The van der Waals surface area contributed by atoms with E-state index in [0.29, 0.717) is 0 Å². The van der Waals surface area contributed by atoms with Crippen LogP contribution in [-0.4, -0.2) is 27.1 Å². The highest BCUT2D eigenvalue weighted by molar-refractivity contribution is 5.73. The molecular formula is C12H18N2O3. The lowest BCUT2D eigenvalue weighted by molar-refractivity contribution is -0.147. The summed E-state index contributed by atoms with van der Waals surface area (Å²) in [6.07, 6.45) is -0.178. The van der Waals surface area contributed by atoms with Crippen LogP contribution in [0.15, 0.2) is 6.07 Å². The molecule has 0 aromatic carbocycles. The minimum atomic E-state index is -0.984. The van der Waals surface area contributed by atoms with Crippen LogP contribution in [0.25, 0.3) is 0 Å². The van der Waals surface area contributed by atoms with Crippen LogP contribution in [0, 0.1) is 19.8 Å². The molecule has 1 heterocycles. The third-order valence-corrected chi connectivity index (χ3v) is 2.60. The molecular weight excluding hydrogens is 220 g/mol. The van der Waals surface area contributed by atoms with Crippen molar-refractivity contribution in [3.05, 3.63) is 17.5 Å². The topological polar surface area (TPSA) is 72.3 Å². The van der Waals surface area contributed by atoms with Crippen molar-refractivity contribution in [2.75, 3.05) is 0 Å². The van der Waals surface area contributed by atoms with Gasteiger partial charge < -0.3 is 9.84 Å². The molecule has 1 rings (SSSR count). The van der Waals surface area contributed by atoms with E-state index in [2.05, 4.69) is 9.97 Å². The molecule has 0 amide bonds. The molecule has 0 spiro atoms. The Balaban J connectivity index is 2.89. The fraction of sp³-hybridized carbons (Fsp3) is 0.583. The first-order valence-corrected chi connectivity index (χ1v) is 5.65. The zero-order chi connectivity index (χ0) is 13.0. The molecule has 0 aliphatic rings. The van der Waals surface area contributed by atoms with Gasteiger partial charge in [0.15, 0.2) is 0 Å². The Morgan fingerprint density at radius 2 is 1.94 bits per heavy atom. The van der Waals surface area contributed by atoms with Gasteiger partial charge in [-0.15, -0.1) is 0 Å². The lowest BCUT2D eigenvalue weighted by atomic mass is 10.0. The molecule has 0 bridgehead atoms. The summed E-state index contributed by atoms with van der Waals surface area (Å²) in [5.41, 5.74) is 1.53. The quantitative estimate of drug-likeness (QED) is 0.849. The zero-order valence-corrected chi connectivity index (χ0v) is 10.6. The van der Waals surface area contributed by atoms with Gasteiger partial charge >= 0.3 is 12.0 Å². The van der Waals surface area contributed by atoms with E-state index in [1.165, 1.54) is 0 Å². The first kappa shape index (κ1) is 13.4. The van der Waals surface area contributed by atoms with Crippen LogP contribution in [0.4, 0.5) is 0 Å². The van der Waals surface area contributed by atoms with E-state index >= 15 is 0 Å². The monoisotopic (exact) mass is 238 g/mol. The number of hydrogen-bond acceptors (Lipinski definition) is 4. The minimum absolute atomic E-state index is 0.0862. The smallest absolute Gasteiger partial charge is 0.345 e. The highest BCUT2D eigenvalue weighted by Gasteiger charge is 2.26. The molecule has 0 saturated heterocycles. The summed E-state index contributed by atoms with van der Waals surface area (Å²) in [6, 6.07) is 1.95. The Morgan fingerprint density at radius 3 is 2.35 bits per heavy atom. The van der Waals surface area contributed by atoms with Crippen LogP contribution in [0.3, 0.4) is 0 Å². The van der Waals surface area contributed by atoms with Crippen LogP contribution in [0.2, 0.25) is 0 Å². The Hall–Kier alpha value is -1.65. The second-order valence-electron chi connectivity index (χ2n) is 4.20. The molecule has 94 valence electrons. The molecule has 0 aliphatic heterocycles. The molecule has 0 aliphatic carbocycles. The van der Waals surface area contributed by atoms with Gasteiger partial charge in [0.1, 0.15) is 0 Å². The summed E-state index contributed by atoms with van der Waals surface area (Å²) in [5.74, 6) is -1.07. The summed E-state index contributed by atoms with van der Waals surface area (Å²) in [6.45, 7) is 7.40. The highest BCUT2D eigenvalue weighted by atomic mass is 16.5. The molecule has 1 N–H and O–H groups in total. The van der Waals surface area contributed by atoms with Gasteiger partial charge in [-0.3, -0.25) is 0 Å². The summed E-state index contributed by atoms with van der Waals surface area (Å²) in [5, 5.41) is 9.09. The summed E-state index contributed by atoms with van der Waals surface area (Å²) in [4.78, 5) is 19.2. The fourth-order valence-corrected chi connectivity index (χ4v) is 1.48. The Morgan fingerprint density at radius 1 is 1.41 bits per heavy atom. The van der Waals surface area contributed by atoms with Gasteiger partial charge in [0, 0.05) is 17.3 Å². The van der Waals surface area contributed by atoms with E-state index in [1.54, 1.807) is 0 Å². The first-order chi connectivity index (χ1) is 7.93. The van der Waals surface area contributed by atoms with E-state index in [1.807, 2.05) is 33.8 Å². The van der Waals surface area contributed by atoms with E-state index in [4.69, 9.17) is 9.84 Å². The summed E-state index contributed by atoms with van der Waals surface area (Å²) < 4.78 is 5.37. The Kier molecular flexibility index (Phi) is 4.43. The normalized spacial score (nSPS) is 14.1. The molecule has 5 heteroatoms. The van der Waals surface area contributed by atoms with Crippen molar-refractivity contribution in [2.24, 2.45) is 5.92 Å². The summed E-state index contributed by atoms with van der Waals surface area (Å²) >= 11 is 0. The van der Waals surface area contributed by atoms with Crippen LogP contribution >= 0.6 is 0 Å². The zero-order valence-electron chi connectivity index (χ0n) is 10.6. The second-order valence-corrected chi connectivity index (χ2v) is 4.20. The molecule has 2 unspecified atom stereocenters. The third kappa shape index (κ3) is 3.69. The third-order valence-electron chi connectivity index (χ3n) is 2.60. The molecule has 2 atom stereocenters. The molecule has 1 aromatic rings. The van der Waals surface area contributed by atoms with Crippen LogP contribution in [-0.2, 0) is 4.79 Å². The maximum Gasteiger partial charge on any atom is 0.345 e. The first-order valence-electron chi connectivity index (χ1n) is 5.65. The van der Waals surface area contributed by atoms with E-state index < -0.39 is 12.1 Å². The van der Waals surface area contributed by atoms with E-state index in [0.717, 1.165) is 17.8 Å². The van der Waals surface area contributed by atoms with Gasteiger partial charge in [-0.1, -0.05) is 13.8 Å². The maximum atomic E-state index is 11.1. The molecule has 0 radical (unpaired) electrons. The molecule has 0 fully saturated rings. The number of hydrogen-bond donors (Lipinski definition) is 1. The Labute approximate surface area is 101 Å². The fourth-order valence-electron chi connectivity index (χ4n) is 1.48. The van der Waals surface area contributed by atoms with E-state index in [-0.39, 0.29) is 11.9 Å². The van der Waals surface area contributed by atoms with Gasteiger partial charge in [-0.2, -0.15) is 0 Å². The average Bonchev–Trinajstić information content (AvgIpc) is 2.23. The summed E-state index contributed by atoms with van der Waals surface area (Å²) in [7, 11) is 0. The van der Waals surface area contributed by atoms with Gasteiger partial charge in [-0.25, -0.2) is 14.8 Å². The number of carboxylic acids is 1. The Bertz CT molecular complexity index is 386. The number of ether oxygens (including phenoxy) is 1. The van der Waals surface area contributed by atoms with Crippen molar-refractivity contribution >= 4 is 5.97 Å². The van der Waals surface area contributed by atoms with Gasteiger partial charge in [0.2, 0.25) is 6.10 Å². The minimum Gasteiger partial charge on any atom is -0.478 e. The van der Waals surface area contributed by atoms with Crippen molar-refractivity contribution in [1.82, 2.24) is 9.97 Å². The van der Waals surface area contributed by atoms with Crippen molar-refractivity contribution in [2.45, 2.75) is 40.2 Å². The predicted molar refractivity (Wildman–Crippen MR) is 63.0 cm³/mol. The number of carbonyl (C=O) groups is 1. The molecule has 5 nitrogen and oxygen atoms in total. The predicted octanol–water partition coefficient (Wildman–Crippen LogP) is 1.97. The number of rotatable bonds is 5. The average molecular weight is 238 g/mol. The number of aromatic nitrogens is 2. The van der Waals surface area contributed by atoms with Crippen molar-refractivity contribution in [3.8, 4) is 6.01 Å². The standard InChI is InChI=1S/C12H18N2O3/c1-5-7(2)10(11(15)16)17-12-13-8(3)6-9(4)14-12/h6-7,10H,5H2,1-4H3,(H,15,16).